The Kier molecular flexibility index (Phi) is 10.2. The summed E-state index contributed by atoms with van der Waals surface area (Å²) in [5.74, 6) is -0.708. The van der Waals surface area contributed by atoms with Crippen molar-refractivity contribution in [1.29, 1.82) is 0 Å². The highest BCUT2D eigenvalue weighted by atomic mass is 16.3. The molecule has 0 bridgehead atoms. The van der Waals surface area contributed by atoms with Crippen molar-refractivity contribution < 1.29 is 19.5 Å². The Morgan fingerprint density at radius 2 is 1.55 bits per heavy atom. The number of aliphatic hydroxyl groups is 1. The Morgan fingerprint density at radius 1 is 0.841 bits per heavy atom. The Labute approximate surface area is 257 Å². The van der Waals surface area contributed by atoms with E-state index in [4.69, 9.17) is 5.73 Å². The van der Waals surface area contributed by atoms with E-state index in [1.807, 2.05) is 103 Å². The average Bonchev–Trinajstić information content (AvgIpc) is 3.05. The van der Waals surface area contributed by atoms with Gasteiger partial charge >= 0.3 is 0 Å². The minimum atomic E-state index is -0.866. The number of fused-ring (bicyclic) bond motifs is 3. The van der Waals surface area contributed by atoms with Gasteiger partial charge in [0.25, 0.3) is 5.91 Å². The highest BCUT2D eigenvalue weighted by Crippen LogP contribution is 2.29. The maximum atomic E-state index is 13.6. The largest absolute Gasteiger partial charge is 0.390 e. The number of para-hydroxylation sites is 1. The summed E-state index contributed by atoms with van der Waals surface area (Å²) in [6, 6.07) is 28.5. The summed E-state index contributed by atoms with van der Waals surface area (Å²) in [4.78, 5) is 41.6. The molecule has 8 heteroatoms. The van der Waals surface area contributed by atoms with E-state index in [2.05, 4.69) is 10.6 Å². The number of unbranched alkanes of at least 4 members (excludes halogenated alkanes) is 1. The zero-order chi connectivity index (χ0) is 30.9. The van der Waals surface area contributed by atoms with Crippen LogP contribution in [0.2, 0.25) is 0 Å². The van der Waals surface area contributed by atoms with Gasteiger partial charge in [0.15, 0.2) is 0 Å². The van der Waals surface area contributed by atoms with Gasteiger partial charge in [-0.3, -0.25) is 14.4 Å². The lowest BCUT2D eigenvalue weighted by atomic mass is 10.00. The Balaban J connectivity index is 1.23. The predicted octanol–water partition coefficient (Wildman–Crippen LogP) is 4.30. The van der Waals surface area contributed by atoms with Crippen LogP contribution in [0, 0.1) is 0 Å². The predicted molar refractivity (Wildman–Crippen MR) is 175 cm³/mol. The molecule has 0 spiro atoms. The number of carbonyl (C=O) groups excluding carboxylic acids is 3. The van der Waals surface area contributed by atoms with Crippen molar-refractivity contribution in [3.63, 3.8) is 0 Å². The SMILES string of the molecule is NCC(O)CNC(=O)[C@@H](Cc1ccc2ccccc2c1)NC(=O)CCCCN1C(=O)c2ccccc2C=Cc2ccccc21. The van der Waals surface area contributed by atoms with Gasteiger partial charge in [0.1, 0.15) is 6.04 Å². The number of rotatable bonds is 12. The van der Waals surface area contributed by atoms with E-state index in [0.29, 0.717) is 31.4 Å². The number of hydrogen-bond acceptors (Lipinski definition) is 5. The van der Waals surface area contributed by atoms with E-state index in [1.165, 1.54) is 0 Å². The fourth-order valence-electron chi connectivity index (χ4n) is 5.43. The van der Waals surface area contributed by atoms with Gasteiger partial charge in [-0.1, -0.05) is 91.0 Å². The summed E-state index contributed by atoms with van der Waals surface area (Å²) in [6.07, 6.45) is 4.76. The maximum Gasteiger partial charge on any atom is 0.258 e. The molecule has 44 heavy (non-hydrogen) atoms. The van der Waals surface area contributed by atoms with Crippen LogP contribution in [0.1, 0.15) is 46.3 Å². The first-order valence-corrected chi connectivity index (χ1v) is 15.0. The third kappa shape index (κ3) is 7.58. The third-order valence-corrected chi connectivity index (χ3v) is 7.83. The lowest BCUT2D eigenvalue weighted by Crippen LogP contribution is -2.50. The second kappa shape index (κ2) is 14.6. The molecule has 1 heterocycles. The molecule has 4 aromatic carbocycles. The fourth-order valence-corrected chi connectivity index (χ4v) is 5.43. The zero-order valence-corrected chi connectivity index (χ0v) is 24.6. The van der Waals surface area contributed by atoms with Crippen LogP contribution in [0.15, 0.2) is 91.0 Å². The monoisotopic (exact) mass is 590 g/mol. The van der Waals surface area contributed by atoms with Crippen LogP contribution in [0.3, 0.4) is 0 Å². The molecule has 0 fully saturated rings. The Hall–Kier alpha value is -4.79. The summed E-state index contributed by atoms with van der Waals surface area (Å²) in [5.41, 5.74) is 9.69. The molecule has 1 aliphatic rings. The number of nitrogens with one attached hydrogen (secondary N) is 2. The van der Waals surface area contributed by atoms with Crippen molar-refractivity contribution in [2.45, 2.75) is 37.8 Å². The first kappa shape index (κ1) is 30.7. The van der Waals surface area contributed by atoms with Crippen LogP contribution >= 0.6 is 0 Å². The molecular weight excluding hydrogens is 552 g/mol. The standard InChI is InChI=1S/C36H38N4O4/c37-23-30(41)24-38-35(43)32(22-25-16-17-26-9-1-2-12-29(26)21-25)39-34(42)15-7-8-20-40-33-14-6-4-11-28(33)19-18-27-10-3-5-13-31(27)36(40)44/h1-6,9-14,16-19,21,30,32,41H,7-8,15,20,22-24,37H2,(H,38,43)(H,39,42)/t30?,32-/m1/s1. The fraction of sp³-hybridized carbons (Fsp3) is 0.250. The smallest absolute Gasteiger partial charge is 0.258 e. The lowest BCUT2D eigenvalue weighted by molar-refractivity contribution is -0.129. The van der Waals surface area contributed by atoms with Crippen LogP contribution in [0.5, 0.6) is 0 Å². The zero-order valence-electron chi connectivity index (χ0n) is 24.6. The van der Waals surface area contributed by atoms with Crippen LogP contribution in [-0.2, 0) is 16.0 Å². The number of hydrogen-bond donors (Lipinski definition) is 4. The number of aliphatic hydroxyl groups excluding tert-OH is 1. The molecule has 3 amide bonds. The molecule has 0 radical (unpaired) electrons. The van der Waals surface area contributed by atoms with Crippen molar-refractivity contribution in [1.82, 2.24) is 10.6 Å². The van der Waals surface area contributed by atoms with E-state index in [1.54, 1.807) is 4.90 Å². The van der Waals surface area contributed by atoms with Gasteiger partial charge in [0.05, 0.1) is 11.8 Å². The Bertz CT molecular complexity index is 1670. The molecule has 226 valence electrons. The number of nitrogens with two attached hydrogens (primary N) is 1. The first-order chi connectivity index (χ1) is 21.4. The topological polar surface area (TPSA) is 125 Å². The van der Waals surface area contributed by atoms with Crippen LogP contribution in [-0.4, -0.2) is 54.6 Å². The quantitative estimate of drug-likeness (QED) is 0.183. The highest BCUT2D eigenvalue weighted by molar-refractivity contribution is 6.11. The second-order valence-electron chi connectivity index (χ2n) is 11.0. The molecule has 5 rings (SSSR count). The van der Waals surface area contributed by atoms with E-state index >= 15 is 0 Å². The van der Waals surface area contributed by atoms with Gasteiger partial charge in [0.2, 0.25) is 11.8 Å². The molecule has 5 N–H and O–H groups in total. The second-order valence-corrected chi connectivity index (χ2v) is 11.0. The van der Waals surface area contributed by atoms with Crippen molar-refractivity contribution in [3.8, 4) is 0 Å². The molecule has 1 unspecified atom stereocenters. The maximum absolute atomic E-state index is 13.6. The number of nitrogens with zero attached hydrogens (tertiary/aromatic N) is 1. The molecule has 8 nitrogen and oxygen atoms in total. The molecular formula is C36H38N4O4. The summed E-state index contributed by atoms with van der Waals surface area (Å²) < 4.78 is 0. The van der Waals surface area contributed by atoms with E-state index in [-0.39, 0.29) is 37.2 Å². The minimum Gasteiger partial charge on any atom is -0.390 e. The minimum absolute atomic E-state index is 0.00305. The Morgan fingerprint density at radius 3 is 2.36 bits per heavy atom. The van der Waals surface area contributed by atoms with Crippen molar-refractivity contribution in [2.75, 3.05) is 24.5 Å². The van der Waals surface area contributed by atoms with Crippen molar-refractivity contribution >= 4 is 46.3 Å². The highest BCUT2D eigenvalue weighted by Gasteiger charge is 2.24. The number of carbonyl (C=O) groups is 3. The molecule has 0 aliphatic carbocycles. The van der Waals surface area contributed by atoms with E-state index < -0.39 is 12.1 Å². The first-order valence-electron chi connectivity index (χ1n) is 15.0. The molecule has 1 aliphatic heterocycles. The van der Waals surface area contributed by atoms with E-state index in [0.717, 1.165) is 33.2 Å². The number of amides is 3. The van der Waals surface area contributed by atoms with Gasteiger partial charge in [-0.05, 0) is 52.4 Å². The van der Waals surface area contributed by atoms with Gasteiger partial charge in [-0.25, -0.2) is 0 Å². The summed E-state index contributed by atoms with van der Waals surface area (Å²) in [6.45, 7) is 0.472. The van der Waals surface area contributed by atoms with E-state index in [9.17, 15) is 19.5 Å². The summed E-state index contributed by atoms with van der Waals surface area (Å²) in [5, 5.41) is 17.6. The van der Waals surface area contributed by atoms with Crippen molar-refractivity contribution in [3.05, 3.63) is 113 Å². The molecule has 4 aromatic rings. The van der Waals surface area contributed by atoms with Crippen LogP contribution in [0.4, 0.5) is 5.69 Å². The van der Waals surface area contributed by atoms with Gasteiger partial charge in [0, 0.05) is 38.0 Å². The van der Waals surface area contributed by atoms with Crippen LogP contribution in [0.25, 0.3) is 22.9 Å². The molecule has 0 aromatic heterocycles. The summed E-state index contributed by atoms with van der Waals surface area (Å²) in [7, 11) is 0. The normalized spacial score (nSPS) is 13.8. The van der Waals surface area contributed by atoms with Gasteiger partial charge < -0.3 is 26.4 Å². The molecule has 0 saturated heterocycles. The average molecular weight is 591 g/mol. The lowest BCUT2D eigenvalue weighted by Gasteiger charge is -2.27. The van der Waals surface area contributed by atoms with Gasteiger partial charge in [-0.15, -0.1) is 0 Å². The number of anilines is 1. The molecule has 2 atom stereocenters. The van der Waals surface area contributed by atoms with Crippen LogP contribution < -0.4 is 21.3 Å². The number of benzene rings is 4. The third-order valence-electron chi connectivity index (χ3n) is 7.83. The van der Waals surface area contributed by atoms with Crippen molar-refractivity contribution in [2.24, 2.45) is 5.73 Å². The molecule has 0 saturated carbocycles. The van der Waals surface area contributed by atoms with Gasteiger partial charge in [-0.2, -0.15) is 0 Å². The summed E-state index contributed by atoms with van der Waals surface area (Å²) >= 11 is 0.